The molecule has 0 bridgehead atoms. The van der Waals surface area contributed by atoms with Crippen molar-refractivity contribution in [3.05, 3.63) is 12.3 Å². The number of nitrogens with two attached hydrogens (primary N) is 1. The van der Waals surface area contributed by atoms with E-state index in [9.17, 15) is 0 Å². The molecule has 1 aromatic heterocycles. The van der Waals surface area contributed by atoms with Gasteiger partial charge in [0, 0.05) is 31.9 Å². The Kier molecular flexibility index (Phi) is 3.24. The summed E-state index contributed by atoms with van der Waals surface area (Å²) in [5.41, 5.74) is 5.67. The van der Waals surface area contributed by atoms with Crippen molar-refractivity contribution >= 4 is 11.8 Å². The molecule has 0 radical (unpaired) electrons. The fourth-order valence-corrected chi connectivity index (χ4v) is 2.08. The molecule has 1 atom stereocenters. The molecular formula is C11H19N5. The van der Waals surface area contributed by atoms with E-state index in [1.807, 2.05) is 0 Å². The maximum absolute atomic E-state index is 5.67. The van der Waals surface area contributed by atoms with Crippen molar-refractivity contribution in [2.75, 3.05) is 37.3 Å². The topological polar surface area (TPSA) is 58.3 Å². The third-order valence-electron chi connectivity index (χ3n) is 3.20. The van der Waals surface area contributed by atoms with Crippen LogP contribution in [0.2, 0.25) is 0 Å². The van der Waals surface area contributed by atoms with E-state index in [0.717, 1.165) is 32.0 Å². The lowest BCUT2D eigenvalue weighted by Crippen LogP contribution is -2.51. The van der Waals surface area contributed by atoms with Crippen LogP contribution in [0.5, 0.6) is 0 Å². The van der Waals surface area contributed by atoms with E-state index in [-0.39, 0.29) is 0 Å². The van der Waals surface area contributed by atoms with Gasteiger partial charge >= 0.3 is 0 Å². The van der Waals surface area contributed by atoms with E-state index < -0.39 is 0 Å². The van der Waals surface area contributed by atoms with Crippen LogP contribution in [0.4, 0.5) is 11.8 Å². The Morgan fingerprint density at radius 3 is 3.00 bits per heavy atom. The van der Waals surface area contributed by atoms with Crippen LogP contribution in [-0.2, 0) is 0 Å². The third kappa shape index (κ3) is 2.24. The molecule has 5 nitrogen and oxygen atoms in total. The van der Waals surface area contributed by atoms with Crippen LogP contribution >= 0.6 is 0 Å². The first kappa shape index (κ1) is 11.1. The smallest absolute Gasteiger partial charge is 0.227 e. The number of piperazine rings is 1. The molecule has 1 aliphatic rings. The molecule has 0 spiro atoms. The highest BCUT2D eigenvalue weighted by Crippen LogP contribution is 2.16. The van der Waals surface area contributed by atoms with Gasteiger partial charge in [-0.15, -0.1) is 0 Å². The van der Waals surface area contributed by atoms with Gasteiger partial charge in [-0.3, -0.25) is 4.90 Å². The molecule has 5 heteroatoms. The SMILES string of the molecule is CCC1CN(c2nccc(N)n2)CCN1C. The number of anilines is 2. The highest BCUT2D eigenvalue weighted by Gasteiger charge is 2.24. The summed E-state index contributed by atoms with van der Waals surface area (Å²) in [5, 5.41) is 0. The van der Waals surface area contributed by atoms with Crippen LogP contribution in [0.15, 0.2) is 12.3 Å². The van der Waals surface area contributed by atoms with Crippen LogP contribution < -0.4 is 10.6 Å². The van der Waals surface area contributed by atoms with Gasteiger partial charge in [-0.05, 0) is 19.5 Å². The van der Waals surface area contributed by atoms with Crippen LogP contribution in [0.1, 0.15) is 13.3 Å². The van der Waals surface area contributed by atoms with Gasteiger partial charge in [0.15, 0.2) is 0 Å². The van der Waals surface area contributed by atoms with Crippen molar-refractivity contribution in [1.29, 1.82) is 0 Å². The Bertz CT molecular complexity index is 354. The standard InChI is InChI=1S/C11H19N5/c1-3-9-8-16(7-6-15(9)2)11-13-5-4-10(12)14-11/h4-5,9H,3,6-8H2,1-2H3,(H2,12,13,14). The van der Waals surface area contributed by atoms with E-state index >= 15 is 0 Å². The number of aromatic nitrogens is 2. The molecule has 1 aromatic rings. The Labute approximate surface area is 96.3 Å². The monoisotopic (exact) mass is 221 g/mol. The van der Waals surface area contributed by atoms with Crippen molar-refractivity contribution in [3.63, 3.8) is 0 Å². The maximum Gasteiger partial charge on any atom is 0.227 e. The molecule has 16 heavy (non-hydrogen) atoms. The van der Waals surface area contributed by atoms with E-state index in [0.29, 0.717) is 11.9 Å². The highest BCUT2D eigenvalue weighted by molar-refractivity contribution is 5.38. The minimum absolute atomic E-state index is 0.539. The molecule has 2 N–H and O–H groups in total. The molecule has 1 unspecified atom stereocenters. The first-order valence-corrected chi connectivity index (χ1v) is 5.74. The zero-order chi connectivity index (χ0) is 11.5. The van der Waals surface area contributed by atoms with Gasteiger partial charge in [-0.1, -0.05) is 6.92 Å². The first-order chi connectivity index (χ1) is 7.70. The van der Waals surface area contributed by atoms with Crippen LogP contribution in [0, 0.1) is 0 Å². The summed E-state index contributed by atoms with van der Waals surface area (Å²) < 4.78 is 0. The maximum atomic E-state index is 5.67. The van der Waals surface area contributed by atoms with Gasteiger partial charge in [0.25, 0.3) is 0 Å². The van der Waals surface area contributed by atoms with Crippen LogP contribution in [-0.4, -0.2) is 47.6 Å². The van der Waals surface area contributed by atoms with E-state index in [2.05, 4.69) is 33.7 Å². The second kappa shape index (κ2) is 4.65. The van der Waals surface area contributed by atoms with Gasteiger partial charge in [0.2, 0.25) is 5.95 Å². The summed E-state index contributed by atoms with van der Waals surface area (Å²) in [6.07, 6.45) is 2.87. The second-order valence-electron chi connectivity index (χ2n) is 4.27. The Morgan fingerprint density at radius 1 is 1.50 bits per heavy atom. The molecule has 1 saturated heterocycles. The molecule has 1 aliphatic heterocycles. The lowest BCUT2D eigenvalue weighted by atomic mass is 10.1. The summed E-state index contributed by atoms with van der Waals surface area (Å²) in [6, 6.07) is 2.30. The molecule has 0 aromatic carbocycles. The summed E-state index contributed by atoms with van der Waals surface area (Å²) in [5.74, 6) is 1.29. The molecule has 2 heterocycles. The van der Waals surface area contributed by atoms with E-state index in [1.165, 1.54) is 0 Å². The number of hydrogen-bond acceptors (Lipinski definition) is 5. The quantitative estimate of drug-likeness (QED) is 0.792. The molecular weight excluding hydrogens is 202 g/mol. The van der Waals surface area contributed by atoms with Gasteiger partial charge in [-0.2, -0.15) is 4.98 Å². The summed E-state index contributed by atoms with van der Waals surface area (Å²) in [4.78, 5) is 13.1. The number of rotatable bonds is 2. The minimum atomic E-state index is 0.539. The van der Waals surface area contributed by atoms with Crippen molar-refractivity contribution < 1.29 is 0 Å². The summed E-state index contributed by atoms with van der Waals surface area (Å²) >= 11 is 0. The molecule has 0 amide bonds. The fraction of sp³-hybridized carbons (Fsp3) is 0.636. The van der Waals surface area contributed by atoms with Gasteiger partial charge in [-0.25, -0.2) is 4.98 Å². The zero-order valence-electron chi connectivity index (χ0n) is 9.93. The first-order valence-electron chi connectivity index (χ1n) is 5.74. The predicted octanol–water partition coefficient (Wildman–Crippen LogP) is 0.589. The summed E-state index contributed by atoms with van der Waals surface area (Å²) in [6.45, 7) is 5.22. The van der Waals surface area contributed by atoms with Crippen molar-refractivity contribution in [3.8, 4) is 0 Å². The lowest BCUT2D eigenvalue weighted by Gasteiger charge is -2.39. The lowest BCUT2D eigenvalue weighted by molar-refractivity contribution is 0.212. The van der Waals surface area contributed by atoms with Crippen molar-refractivity contribution in [2.24, 2.45) is 0 Å². The number of likely N-dealkylation sites (N-methyl/N-ethyl adjacent to an activating group) is 1. The number of hydrogen-bond donors (Lipinski definition) is 1. The molecule has 0 aliphatic carbocycles. The molecule has 2 rings (SSSR count). The zero-order valence-corrected chi connectivity index (χ0v) is 9.93. The largest absolute Gasteiger partial charge is 0.384 e. The normalized spacial score (nSPS) is 22.4. The predicted molar refractivity (Wildman–Crippen MR) is 65.4 cm³/mol. The Balaban J connectivity index is 2.11. The molecule has 0 saturated carbocycles. The van der Waals surface area contributed by atoms with Crippen LogP contribution in [0.25, 0.3) is 0 Å². The van der Waals surface area contributed by atoms with Crippen molar-refractivity contribution in [1.82, 2.24) is 14.9 Å². The van der Waals surface area contributed by atoms with Gasteiger partial charge in [0.05, 0.1) is 0 Å². The highest BCUT2D eigenvalue weighted by atomic mass is 15.3. The fourth-order valence-electron chi connectivity index (χ4n) is 2.08. The van der Waals surface area contributed by atoms with E-state index in [4.69, 9.17) is 5.73 Å². The third-order valence-corrected chi connectivity index (χ3v) is 3.20. The van der Waals surface area contributed by atoms with Gasteiger partial charge < -0.3 is 10.6 Å². The average Bonchev–Trinajstić information content (AvgIpc) is 2.29. The Morgan fingerprint density at radius 2 is 2.31 bits per heavy atom. The molecule has 1 fully saturated rings. The Hall–Kier alpha value is -1.36. The average molecular weight is 221 g/mol. The molecule has 88 valence electrons. The number of nitrogens with zero attached hydrogens (tertiary/aromatic N) is 4. The van der Waals surface area contributed by atoms with Crippen molar-refractivity contribution in [2.45, 2.75) is 19.4 Å². The van der Waals surface area contributed by atoms with Gasteiger partial charge in [0.1, 0.15) is 5.82 Å². The summed E-state index contributed by atoms with van der Waals surface area (Å²) in [7, 11) is 2.17. The minimum Gasteiger partial charge on any atom is -0.384 e. The van der Waals surface area contributed by atoms with Crippen LogP contribution in [0.3, 0.4) is 0 Å². The van der Waals surface area contributed by atoms with E-state index in [1.54, 1.807) is 12.3 Å². The number of nitrogen functional groups attached to an aromatic ring is 1. The second-order valence-corrected chi connectivity index (χ2v) is 4.27.